The average molecular weight is 1230 g/mol. The van der Waals surface area contributed by atoms with Gasteiger partial charge in [-0.2, -0.15) is 0 Å². The Hall–Kier alpha value is -1.73. The first-order valence-corrected chi connectivity index (χ1v) is 34.6. The third-order valence-corrected chi connectivity index (χ3v) is 17.5. The van der Waals surface area contributed by atoms with Crippen molar-refractivity contribution >= 4 is 5.91 Å². The maximum Gasteiger partial charge on any atom is 0.220 e. The molecular formula is C67H125NO18. The molecule has 3 heterocycles. The van der Waals surface area contributed by atoms with Gasteiger partial charge in [0, 0.05) is 6.42 Å². The number of hydrogen-bond acceptors (Lipinski definition) is 18. The van der Waals surface area contributed by atoms with Crippen molar-refractivity contribution in [2.75, 3.05) is 26.4 Å². The van der Waals surface area contributed by atoms with Crippen LogP contribution in [0.1, 0.15) is 264 Å². The summed E-state index contributed by atoms with van der Waals surface area (Å²) >= 11 is 0. The largest absolute Gasteiger partial charge is 0.394 e. The summed E-state index contributed by atoms with van der Waals surface area (Å²) in [5.74, 6) is -0.282. The summed E-state index contributed by atoms with van der Waals surface area (Å²) in [5, 5.41) is 120. The van der Waals surface area contributed by atoms with Crippen molar-refractivity contribution in [1.29, 1.82) is 0 Å². The van der Waals surface area contributed by atoms with Gasteiger partial charge in [0.15, 0.2) is 18.9 Å². The average Bonchev–Trinajstić information content (AvgIpc) is 2.24. The molecule has 17 atom stereocenters. The number of ether oxygens (including phenoxy) is 6. The van der Waals surface area contributed by atoms with Gasteiger partial charge in [0.2, 0.25) is 5.91 Å². The fourth-order valence-corrected chi connectivity index (χ4v) is 11.8. The van der Waals surface area contributed by atoms with E-state index in [1.165, 1.54) is 173 Å². The van der Waals surface area contributed by atoms with Gasteiger partial charge in [-0.25, -0.2) is 0 Å². The highest BCUT2D eigenvalue weighted by molar-refractivity contribution is 5.76. The zero-order valence-corrected chi connectivity index (χ0v) is 53.3. The van der Waals surface area contributed by atoms with Crippen molar-refractivity contribution in [3.63, 3.8) is 0 Å². The summed E-state index contributed by atoms with van der Waals surface area (Å²) in [6.45, 7) is 1.74. The second kappa shape index (κ2) is 49.9. The quantitative estimate of drug-likeness (QED) is 0.0200. The normalized spacial score (nSPS) is 28.9. The van der Waals surface area contributed by atoms with E-state index in [1.807, 2.05) is 6.08 Å². The third kappa shape index (κ3) is 32.0. The van der Waals surface area contributed by atoms with Crippen molar-refractivity contribution in [2.24, 2.45) is 0 Å². The van der Waals surface area contributed by atoms with Gasteiger partial charge in [0.25, 0.3) is 0 Å². The summed E-state index contributed by atoms with van der Waals surface area (Å²) in [5.41, 5.74) is 0. The fraction of sp³-hybridized carbons (Fsp3) is 0.925. The molecule has 19 nitrogen and oxygen atoms in total. The van der Waals surface area contributed by atoms with Gasteiger partial charge in [-0.1, -0.05) is 237 Å². The predicted molar refractivity (Wildman–Crippen MR) is 333 cm³/mol. The molecule has 1 amide bonds. The second-order valence-electron chi connectivity index (χ2n) is 25.0. The molecule has 12 N–H and O–H groups in total. The van der Waals surface area contributed by atoms with Crippen LogP contribution >= 0.6 is 0 Å². The molecule has 3 aliphatic heterocycles. The van der Waals surface area contributed by atoms with Gasteiger partial charge in [0.1, 0.15) is 73.2 Å². The molecule has 3 rings (SSSR count). The van der Waals surface area contributed by atoms with Gasteiger partial charge in [-0.3, -0.25) is 4.79 Å². The first-order chi connectivity index (χ1) is 41.8. The number of carbonyl (C=O) groups excluding carboxylic acids is 1. The van der Waals surface area contributed by atoms with E-state index in [0.29, 0.717) is 6.42 Å². The minimum atomic E-state index is -1.98. The summed E-state index contributed by atoms with van der Waals surface area (Å²) in [7, 11) is 0. The number of nitrogens with one attached hydrogen (secondary N) is 1. The zero-order valence-electron chi connectivity index (χ0n) is 53.3. The number of hydrogen-bond donors (Lipinski definition) is 12. The molecule has 17 unspecified atom stereocenters. The van der Waals surface area contributed by atoms with Gasteiger partial charge in [-0.05, 0) is 44.9 Å². The lowest BCUT2D eigenvalue weighted by atomic mass is 9.96. The Morgan fingerprint density at radius 1 is 0.407 bits per heavy atom. The zero-order chi connectivity index (χ0) is 62.6. The van der Waals surface area contributed by atoms with E-state index >= 15 is 0 Å². The Labute approximate surface area is 518 Å². The van der Waals surface area contributed by atoms with Crippen LogP contribution in [0.5, 0.6) is 0 Å². The van der Waals surface area contributed by atoms with Crippen molar-refractivity contribution in [1.82, 2.24) is 5.32 Å². The molecule has 0 bridgehead atoms. The lowest BCUT2D eigenvalue weighted by molar-refractivity contribution is -0.379. The minimum absolute atomic E-state index is 0.235. The molecule has 3 aliphatic rings. The molecule has 0 aromatic carbocycles. The Kier molecular flexibility index (Phi) is 45.6. The molecule has 86 heavy (non-hydrogen) atoms. The molecule has 3 saturated heterocycles. The molecule has 19 heteroatoms. The standard InChI is InChI=1S/C67H125NO18/c1-3-5-7-9-11-13-15-17-19-20-21-22-23-24-25-26-27-28-29-31-32-34-36-38-40-42-44-51(72)50(68-55(73)45-43-41-39-37-35-33-30-18-16-14-12-10-8-6-4-2)49-81-65-61(79)58(76)63(53(47-70)83-65)86-67-62(80)59(77)64(54(48-71)84-67)85-66-60(78)57(75)56(74)52(46-69)82-66/h18,30,42,44,50-54,56-67,69-72,74-80H,3-17,19-29,31-41,43,45-49H2,1-2H3,(H,68,73)/b30-18-,44-42+. The van der Waals surface area contributed by atoms with Crippen LogP contribution < -0.4 is 5.32 Å². The topological polar surface area (TPSA) is 307 Å². The first-order valence-electron chi connectivity index (χ1n) is 34.6. The number of aliphatic hydroxyl groups is 11. The van der Waals surface area contributed by atoms with Crippen molar-refractivity contribution < 1.29 is 89.4 Å². The third-order valence-electron chi connectivity index (χ3n) is 17.5. The molecular weight excluding hydrogens is 1110 g/mol. The summed E-state index contributed by atoms with van der Waals surface area (Å²) in [6, 6.07) is -0.976. The molecule has 506 valence electrons. The van der Waals surface area contributed by atoms with Crippen LogP contribution in [-0.2, 0) is 33.2 Å². The molecule has 0 aromatic heterocycles. The van der Waals surface area contributed by atoms with Crippen molar-refractivity contribution in [3.8, 4) is 0 Å². The van der Waals surface area contributed by atoms with Crippen LogP contribution in [0, 0.1) is 0 Å². The number of aliphatic hydroxyl groups excluding tert-OH is 11. The molecule has 0 aliphatic carbocycles. The van der Waals surface area contributed by atoms with E-state index in [9.17, 15) is 61.0 Å². The number of carbonyl (C=O) groups is 1. The first kappa shape index (κ1) is 78.5. The van der Waals surface area contributed by atoms with Crippen LogP contribution in [0.4, 0.5) is 0 Å². The highest BCUT2D eigenvalue weighted by Gasteiger charge is 2.53. The predicted octanol–water partition coefficient (Wildman–Crippen LogP) is 8.66. The SMILES string of the molecule is CCCCCCCC/C=C\CCCCCCCC(=O)NC(COC1OC(CO)C(OC2OC(CO)C(OC3OC(CO)C(O)C(O)C3O)C(O)C2O)C(O)C1O)C(O)/C=C/CCCCCCCCCCCCCCCCCCCCCCCCCC. The lowest BCUT2D eigenvalue weighted by Gasteiger charge is -2.48. The minimum Gasteiger partial charge on any atom is -0.394 e. The Bertz CT molecular complexity index is 1660. The summed E-state index contributed by atoms with van der Waals surface area (Å²) in [6.07, 6.45) is 28.7. The Balaban J connectivity index is 1.43. The highest BCUT2D eigenvalue weighted by atomic mass is 16.8. The van der Waals surface area contributed by atoms with E-state index in [1.54, 1.807) is 6.08 Å². The molecule has 0 radical (unpaired) electrons. The smallest absolute Gasteiger partial charge is 0.220 e. The van der Waals surface area contributed by atoms with Crippen LogP contribution in [0.2, 0.25) is 0 Å². The monoisotopic (exact) mass is 1230 g/mol. The number of rotatable bonds is 53. The molecule has 0 spiro atoms. The molecule has 3 fully saturated rings. The van der Waals surface area contributed by atoms with E-state index < -0.39 is 124 Å². The van der Waals surface area contributed by atoms with Gasteiger partial charge in [-0.15, -0.1) is 0 Å². The van der Waals surface area contributed by atoms with E-state index in [2.05, 4.69) is 31.3 Å². The molecule has 0 aromatic rings. The van der Waals surface area contributed by atoms with E-state index in [4.69, 9.17) is 28.4 Å². The Morgan fingerprint density at radius 3 is 1.13 bits per heavy atom. The Morgan fingerprint density at radius 2 is 0.733 bits per heavy atom. The summed E-state index contributed by atoms with van der Waals surface area (Å²) < 4.78 is 34.3. The van der Waals surface area contributed by atoms with Gasteiger partial charge >= 0.3 is 0 Å². The number of unbranched alkanes of at least 4 members (excludes halogenated alkanes) is 35. The van der Waals surface area contributed by atoms with Crippen molar-refractivity contribution in [3.05, 3.63) is 24.3 Å². The molecule has 0 saturated carbocycles. The van der Waals surface area contributed by atoms with Crippen LogP contribution in [0.15, 0.2) is 24.3 Å². The van der Waals surface area contributed by atoms with Crippen LogP contribution in [0.25, 0.3) is 0 Å². The maximum atomic E-state index is 13.4. The fourth-order valence-electron chi connectivity index (χ4n) is 11.8. The van der Waals surface area contributed by atoms with E-state index in [0.717, 1.165) is 64.2 Å². The van der Waals surface area contributed by atoms with Crippen LogP contribution in [0.3, 0.4) is 0 Å². The van der Waals surface area contributed by atoms with E-state index in [-0.39, 0.29) is 18.9 Å². The lowest BCUT2D eigenvalue weighted by Crippen LogP contribution is -2.66. The second-order valence-corrected chi connectivity index (χ2v) is 25.0. The van der Waals surface area contributed by atoms with Gasteiger partial charge in [0.05, 0.1) is 38.6 Å². The summed E-state index contributed by atoms with van der Waals surface area (Å²) in [4.78, 5) is 13.4. The highest BCUT2D eigenvalue weighted by Crippen LogP contribution is 2.33. The maximum absolute atomic E-state index is 13.4. The van der Waals surface area contributed by atoms with Crippen LogP contribution in [-0.4, -0.2) is 193 Å². The van der Waals surface area contributed by atoms with Crippen molar-refractivity contribution in [2.45, 2.75) is 369 Å². The number of allylic oxidation sites excluding steroid dienone is 3. The van der Waals surface area contributed by atoms with Gasteiger partial charge < -0.3 is 89.9 Å². The number of amides is 1.